The van der Waals surface area contributed by atoms with Crippen molar-refractivity contribution < 1.29 is 14.7 Å². The van der Waals surface area contributed by atoms with Gasteiger partial charge in [0.15, 0.2) is 5.78 Å². The minimum absolute atomic E-state index is 0.111. The molecule has 16 heavy (non-hydrogen) atoms. The smallest absolute Gasteiger partial charge is 0.303 e. The van der Waals surface area contributed by atoms with E-state index in [4.69, 9.17) is 22.4 Å². The Morgan fingerprint density at radius 3 is 2.38 bits per heavy atom. The highest BCUT2D eigenvalue weighted by atomic mass is 35.5. The zero-order valence-electron chi connectivity index (χ0n) is 8.52. The molecule has 3 N–H and O–H groups in total. The number of ketones is 1. The van der Waals surface area contributed by atoms with Gasteiger partial charge in [0.2, 0.25) is 0 Å². The second-order valence-corrected chi connectivity index (χ2v) is 3.85. The van der Waals surface area contributed by atoms with Crippen molar-refractivity contribution in [3.05, 3.63) is 34.9 Å². The van der Waals surface area contributed by atoms with Gasteiger partial charge in [-0.15, -0.1) is 0 Å². The maximum Gasteiger partial charge on any atom is 0.303 e. The first-order chi connectivity index (χ1) is 7.50. The van der Waals surface area contributed by atoms with Crippen molar-refractivity contribution in [2.75, 3.05) is 0 Å². The average molecular weight is 242 g/mol. The fourth-order valence-corrected chi connectivity index (χ4v) is 1.36. The molecule has 0 saturated carbocycles. The summed E-state index contributed by atoms with van der Waals surface area (Å²) >= 11 is 5.68. The largest absolute Gasteiger partial charge is 0.481 e. The zero-order valence-corrected chi connectivity index (χ0v) is 9.28. The van der Waals surface area contributed by atoms with Gasteiger partial charge < -0.3 is 10.8 Å². The summed E-state index contributed by atoms with van der Waals surface area (Å²) in [6, 6.07) is 5.56. The molecule has 1 aromatic carbocycles. The van der Waals surface area contributed by atoms with Crippen LogP contribution in [-0.4, -0.2) is 22.9 Å². The predicted molar refractivity (Wildman–Crippen MR) is 60.6 cm³/mol. The fourth-order valence-electron chi connectivity index (χ4n) is 1.24. The third-order valence-corrected chi connectivity index (χ3v) is 2.39. The molecule has 1 unspecified atom stereocenters. The van der Waals surface area contributed by atoms with Crippen LogP contribution in [0.1, 0.15) is 23.2 Å². The Bertz CT molecular complexity index is 389. The number of Topliss-reactive ketones (excluding diaryl/α,β-unsaturated/α-hetero) is 1. The number of carbonyl (C=O) groups excluding carboxylic acids is 1. The van der Waals surface area contributed by atoms with Gasteiger partial charge in [-0.3, -0.25) is 9.59 Å². The number of benzene rings is 1. The van der Waals surface area contributed by atoms with Crippen LogP contribution >= 0.6 is 11.6 Å². The van der Waals surface area contributed by atoms with Crippen molar-refractivity contribution in [1.82, 2.24) is 0 Å². The molecule has 0 bridgehead atoms. The summed E-state index contributed by atoms with van der Waals surface area (Å²) in [4.78, 5) is 22.0. The van der Waals surface area contributed by atoms with E-state index in [2.05, 4.69) is 0 Å². The summed E-state index contributed by atoms with van der Waals surface area (Å²) in [6.07, 6.45) is 0.0251. The topological polar surface area (TPSA) is 80.4 Å². The van der Waals surface area contributed by atoms with E-state index >= 15 is 0 Å². The normalized spacial score (nSPS) is 12.1. The Morgan fingerprint density at radius 2 is 1.88 bits per heavy atom. The molecule has 1 atom stereocenters. The molecule has 0 spiro atoms. The summed E-state index contributed by atoms with van der Waals surface area (Å²) in [6.45, 7) is 0. The van der Waals surface area contributed by atoms with Crippen molar-refractivity contribution in [1.29, 1.82) is 0 Å². The standard InChI is InChI=1S/C11H12ClNO3/c12-8-3-1-7(2-4-8)11(16)9(13)5-6-10(14)15/h1-4,9H,5-6,13H2,(H,14,15). The van der Waals surface area contributed by atoms with Crippen molar-refractivity contribution in [2.24, 2.45) is 5.73 Å². The van der Waals surface area contributed by atoms with Gasteiger partial charge in [-0.1, -0.05) is 11.6 Å². The van der Waals surface area contributed by atoms with E-state index in [1.165, 1.54) is 0 Å². The zero-order chi connectivity index (χ0) is 12.1. The van der Waals surface area contributed by atoms with E-state index in [9.17, 15) is 9.59 Å². The lowest BCUT2D eigenvalue weighted by Gasteiger charge is -2.08. The van der Waals surface area contributed by atoms with E-state index < -0.39 is 12.0 Å². The van der Waals surface area contributed by atoms with Gasteiger partial charge in [0.1, 0.15) is 0 Å². The van der Waals surface area contributed by atoms with Crippen molar-refractivity contribution in [3.63, 3.8) is 0 Å². The number of carbonyl (C=O) groups is 2. The second kappa shape index (κ2) is 5.63. The summed E-state index contributed by atoms with van der Waals surface area (Å²) in [5.41, 5.74) is 6.04. The Labute approximate surface area is 98.0 Å². The fraction of sp³-hybridized carbons (Fsp3) is 0.273. The predicted octanol–water partition coefficient (Wildman–Crippen LogP) is 1.71. The van der Waals surface area contributed by atoms with Crippen LogP contribution in [0.4, 0.5) is 0 Å². The number of carboxylic acids is 1. The number of hydrogen-bond acceptors (Lipinski definition) is 3. The third kappa shape index (κ3) is 3.64. The first kappa shape index (κ1) is 12.7. The first-order valence-corrected chi connectivity index (χ1v) is 5.15. The van der Waals surface area contributed by atoms with Crippen molar-refractivity contribution in [3.8, 4) is 0 Å². The van der Waals surface area contributed by atoms with Crippen LogP contribution in [0, 0.1) is 0 Å². The van der Waals surface area contributed by atoms with E-state index in [1.54, 1.807) is 24.3 Å². The molecule has 0 amide bonds. The molecule has 5 heteroatoms. The lowest BCUT2D eigenvalue weighted by atomic mass is 10.0. The van der Waals surface area contributed by atoms with Crippen LogP contribution in [0.15, 0.2) is 24.3 Å². The molecule has 86 valence electrons. The van der Waals surface area contributed by atoms with Gasteiger partial charge in [0, 0.05) is 17.0 Å². The summed E-state index contributed by atoms with van der Waals surface area (Å²) < 4.78 is 0. The van der Waals surface area contributed by atoms with Crippen molar-refractivity contribution >= 4 is 23.4 Å². The molecular weight excluding hydrogens is 230 g/mol. The van der Waals surface area contributed by atoms with Crippen LogP contribution in [0.25, 0.3) is 0 Å². The summed E-state index contributed by atoms with van der Waals surface area (Å²) in [7, 11) is 0. The minimum Gasteiger partial charge on any atom is -0.481 e. The first-order valence-electron chi connectivity index (χ1n) is 4.78. The molecular formula is C11H12ClNO3. The van der Waals surface area contributed by atoms with Gasteiger partial charge in [-0.05, 0) is 30.7 Å². The van der Waals surface area contributed by atoms with Gasteiger partial charge in [0.25, 0.3) is 0 Å². The Morgan fingerprint density at radius 1 is 1.31 bits per heavy atom. The quantitative estimate of drug-likeness (QED) is 0.769. The molecule has 4 nitrogen and oxygen atoms in total. The molecule has 0 fully saturated rings. The van der Waals surface area contributed by atoms with E-state index in [0.29, 0.717) is 10.6 Å². The number of hydrogen-bond donors (Lipinski definition) is 2. The van der Waals surface area contributed by atoms with Gasteiger partial charge in [-0.2, -0.15) is 0 Å². The lowest BCUT2D eigenvalue weighted by Crippen LogP contribution is -2.31. The highest BCUT2D eigenvalue weighted by molar-refractivity contribution is 6.30. The number of aliphatic carboxylic acids is 1. The van der Waals surface area contributed by atoms with E-state index in [-0.39, 0.29) is 18.6 Å². The van der Waals surface area contributed by atoms with Gasteiger partial charge in [-0.25, -0.2) is 0 Å². The van der Waals surface area contributed by atoms with Crippen LogP contribution in [0.3, 0.4) is 0 Å². The molecule has 0 radical (unpaired) electrons. The van der Waals surface area contributed by atoms with Crippen LogP contribution in [0.5, 0.6) is 0 Å². The number of carboxylic acid groups (broad SMARTS) is 1. The highest BCUT2D eigenvalue weighted by Gasteiger charge is 2.16. The second-order valence-electron chi connectivity index (χ2n) is 3.41. The van der Waals surface area contributed by atoms with Crippen LogP contribution in [-0.2, 0) is 4.79 Å². The molecule has 0 aliphatic rings. The number of nitrogens with two attached hydrogens (primary N) is 1. The van der Waals surface area contributed by atoms with Crippen LogP contribution < -0.4 is 5.73 Å². The maximum atomic E-state index is 11.7. The molecule has 0 aliphatic carbocycles. The van der Waals surface area contributed by atoms with E-state index in [0.717, 1.165) is 0 Å². The average Bonchev–Trinajstić information content (AvgIpc) is 2.26. The monoisotopic (exact) mass is 241 g/mol. The Kier molecular flexibility index (Phi) is 4.46. The maximum absolute atomic E-state index is 11.7. The number of rotatable bonds is 5. The summed E-state index contributed by atoms with van der Waals surface area (Å²) in [5.74, 6) is -1.22. The molecule has 1 rings (SSSR count). The molecule has 0 heterocycles. The molecule has 0 aromatic heterocycles. The molecule has 0 aliphatic heterocycles. The number of halogens is 1. The van der Waals surface area contributed by atoms with E-state index in [1.807, 2.05) is 0 Å². The highest BCUT2D eigenvalue weighted by Crippen LogP contribution is 2.12. The third-order valence-electron chi connectivity index (χ3n) is 2.13. The molecule has 0 saturated heterocycles. The van der Waals surface area contributed by atoms with Crippen LogP contribution in [0.2, 0.25) is 5.02 Å². The van der Waals surface area contributed by atoms with Gasteiger partial charge >= 0.3 is 5.97 Å². The molecule has 1 aromatic rings. The Hall–Kier alpha value is -1.39. The van der Waals surface area contributed by atoms with Crippen molar-refractivity contribution in [2.45, 2.75) is 18.9 Å². The summed E-state index contributed by atoms with van der Waals surface area (Å²) in [5, 5.41) is 9.00. The minimum atomic E-state index is -0.959. The lowest BCUT2D eigenvalue weighted by molar-refractivity contribution is -0.137. The SMILES string of the molecule is NC(CCC(=O)O)C(=O)c1ccc(Cl)cc1. The Balaban J connectivity index is 2.63. The van der Waals surface area contributed by atoms with Gasteiger partial charge in [0.05, 0.1) is 6.04 Å².